The third-order valence-electron chi connectivity index (χ3n) is 5.28. The lowest BCUT2D eigenvalue weighted by atomic mass is 9.99. The summed E-state index contributed by atoms with van der Waals surface area (Å²) in [7, 11) is 0. The fourth-order valence-corrected chi connectivity index (χ4v) is 4.33. The molecule has 6 nitrogen and oxygen atoms in total. The Bertz CT molecular complexity index is 855. The number of fused-ring (bicyclic) bond motifs is 1. The smallest absolute Gasteiger partial charge is 0.222 e. The molecule has 31 heavy (non-hydrogen) atoms. The van der Waals surface area contributed by atoms with Gasteiger partial charge in [-0.05, 0) is 49.3 Å². The maximum atomic E-state index is 12.6. The monoisotopic (exact) mass is 556 g/mol. The normalized spacial score (nSPS) is 15.5. The Morgan fingerprint density at radius 3 is 2.71 bits per heavy atom. The van der Waals surface area contributed by atoms with Crippen LogP contribution in [-0.2, 0) is 23.4 Å². The Morgan fingerprint density at radius 2 is 2.00 bits per heavy atom. The third-order valence-corrected chi connectivity index (χ3v) is 6.41. The molecule has 0 bridgehead atoms. The molecular formula is C23H33IN4O2S. The average molecular weight is 557 g/mol. The van der Waals surface area contributed by atoms with Crippen LogP contribution in [0.3, 0.4) is 0 Å². The molecule has 0 spiro atoms. The van der Waals surface area contributed by atoms with Crippen molar-refractivity contribution in [1.82, 2.24) is 15.5 Å². The van der Waals surface area contributed by atoms with E-state index in [-0.39, 0.29) is 36.4 Å². The van der Waals surface area contributed by atoms with Gasteiger partial charge in [-0.15, -0.1) is 35.3 Å². The number of aliphatic imine (C=N–C) groups is 1. The quantitative estimate of drug-likeness (QED) is 0.202. The van der Waals surface area contributed by atoms with E-state index in [2.05, 4.69) is 33.8 Å². The van der Waals surface area contributed by atoms with Gasteiger partial charge in [-0.25, -0.2) is 4.99 Å². The van der Waals surface area contributed by atoms with Crippen LogP contribution in [-0.4, -0.2) is 48.1 Å². The number of hydrogen-bond donors (Lipinski definition) is 3. The van der Waals surface area contributed by atoms with Gasteiger partial charge in [0.2, 0.25) is 5.91 Å². The van der Waals surface area contributed by atoms with Crippen molar-refractivity contribution in [2.45, 2.75) is 45.3 Å². The van der Waals surface area contributed by atoms with Crippen molar-refractivity contribution in [1.29, 1.82) is 0 Å². The zero-order chi connectivity index (χ0) is 21.4. The first-order valence-corrected chi connectivity index (χ1v) is 11.5. The first-order chi connectivity index (χ1) is 14.5. The van der Waals surface area contributed by atoms with Crippen LogP contribution in [0.15, 0.2) is 46.8 Å². The molecule has 0 radical (unpaired) electrons. The largest absolute Gasteiger partial charge is 0.383 e. The minimum atomic E-state index is -0.989. The third kappa shape index (κ3) is 7.47. The van der Waals surface area contributed by atoms with E-state index in [1.807, 2.05) is 35.4 Å². The number of carbonyl (C=O) groups is 1. The summed E-state index contributed by atoms with van der Waals surface area (Å²) in [6, 6.07) is 12.2. The van der Waals surface area contributed by atoms with Crippen molar-refractivity contribution in [2.75, 3.05) is 26.2 Å². The van der Waals surface area contributed by atoms with Gasteiger partial charge in [0, 0.05) is 37.5 Å². The number of halogens is 1. The van der Waals surface area contributed by atoms with Crippen LogP contribution in [0.2, 0.25) is 0 Å². The molecule has 1 atom stereocenters. The molecule has 0 aliphatic carbocycles. The van der Waals surface area contributed by atoms with Gasteiger partial charge < -0.3 is 20.6 Å². The Morgan fingerprint density at radius 1 is 1.23 bits per heavy atom. The maximum absolute atomic E-state index is 12.6. The standard InChI is InChI=1S/C23H32N4O2S.HI/c1-3-24-22(26-17-23(2,29)20-10-7-15-30-20)25-13-6-11-21(28)27-14-12-18-8-4-5-9-19(18)16-27;/h4-5,7-10,15,29H,3,6,11-14,16-17H2,1-2H3,(H2,24,25,26);1H. The van der Waals surface area contributed by atoms with Crippen LogP contribution in [0.4, 0.5) is 0 Å². The molecule has 1 aromatic heterocycles. The molecule has 1 aliphatic rings. The molecule has 170 valence electrons. The van der Waals surface area contributed by atoms with Crippen molar-refractivity contribution in [2.24, 2.45) is 4.99 Å². The summed E-state index contributed by atoms with van der Waals surface area (Å²) in [4.78, 5) is 20.0. The lowest BCUT2D eigenvalue weighted by molar-refractivity contribution is -0.132. The Hall–Kier alpha value is -1.65. The fraction of sp³-hybridized carbons (Fsp3) is 0.478. The molecule has 1 unspecified atom stereocenters. The van der Waals surface area contributed by atoms with Gasteiger partial charge in [-0.2, -0.15) is 0 Å². The number of aliphatic hydroxyl groups is 1. The minimum Gasteiger partial charge on any atom is -0.383 e. The van der Waals surface area contributed by atoms with Crippen molar-refractivity contribution < 1.29 is 9.90 Å². The minimum absolute atomic E-state index is 0. The van der Waals surface area contributed by atoms with Gasteiger partial charge in [0.05, 0.1) is 6.54 Å². The Kier molecular flexibility index (Phi) is 10.2. The molecule has 2 heterocycles. The van der Waals surface area contributed by atoms with E-state index in [9.17, 15) is 9.90 Å². The van der Waals surface area contributed by atoms with E-state index in [4.69, 9.17) is 0 Å². The summed E-state index contributed by atoms with van der Waals surface area (Å²) in [5.74, 6) is 0.863. The van der Waals surface area contributed by atoms with E-state index in [1.54, 1.807) is 6.92 Å². The highest BCUT2D eigenvalue weighted by atomic mass is 127. The number of carbonyl (C=O) groups excluding carboxylic acids is 1. The predicted molar refractivity (Wildman–Crippen MR) is 138 cm³/mol. The number of hydrogen-bond acceptors (Lipinski definition) is 4. The zero-order valence-corrected chi connectivity index (χ0v) is 21.4. The number of amides is 1. The molecular weight excluding hydrogens is 523 g/mol. The SMILES string of the molecule is CCNC(=NCC(C)(O)c1cccs1)NCCCC(=O)N1CCc2ccccc2C1.I. The topological polar surface area (TPSA) is 77.0 Å². The van der Waals surface area contributed by atoms with Crippen molar-refractivity contribution in [3.8, 4) is 0 Å². The number of guanidine groups is 1. The number of nitrogens with one attached hydrogen (secondary N) is 2. The predicted octanol–water partition coefficient (Wildman–Crippen LogP) is 3.49. The molecule has 3 N–H and O–H groups in total. The average Bonchev–Trinajstić information content (AvgIpc) is 3.30. The molecule has 3 rings (SSSR count). The molecule has 1 amide bonds. The molecule has 0 saturated heterocycles. The lowest BCUT2D eigenvalue weighted by Crippen LogP contribution is -2.40. The van der Waals surface area contributed by atoms with E-state index in [0.29, 0.717) is 25.5 Å². The van der Waals surface area contributed by atoms with Gasteiger partial charge in [0.15, 0.2) is 5.96 Å². The number of thiophene rings is 1. The summed E-state index contributed by atoms with van der Waals surface area (Å²) in [5.41, 5.74) is 1.62. The second-order valence-electron chi connectivity index (χ2n) is 7.81. The van der Waals surface area contributed by atoms with Crippen molar-refractivity contribution in [3.05, 3.63) is 57.8 Å². The van der Waals surface area contributed by atoms with Crippen LogP contribution in [0, 0.1) is 0 Å². The fourth-order valence-electron chi connectivity index (χ4n) is 3.55. The van der Waals surface area contributed by atoms with Gasteiger partial charge in [-0.3, -0.25) is 4.79 Å². The van der Waals surface area contributed by atoms with E-state index >= 15 is 0 Å². The number of nitrogens with zero attached hydrogens (tertiary/aromatic N) is 2. The van der Waals surface area contributed by atoms with Crippen LogP contribution in [0.1, 0.15) is 42.7 Å². The summed E-state index contributed by atoms with van der Waals surface area (Å²) >= 11 is 1.53. The molecule has 0 saturated carbocycles. The molecule has 8 heteroatoms. The molecule has 2 aromatic rings. The number of benzene rings is 1. The van der Waals surface area contributed by atoms with E-state index < -0.39 is 5.60 Å². The van der Waals surface area contributed by atoms with Crippen LogP contribution in [0.25, 0.3) is 0 Å². The zero-order valence-electron chi connectivity index (χ0n) is 18.3. The first kappa shape index (κ1) is 25.6. The summed E-state index contributed by atoms with van der Waals surface area (Å²) in [6.45, 7) is 6.96. The van der Waals surface area contributed by atoms with E-state index in [0.717, 1.165) is 30.8 Å². The van der Waals surface area contributed by atoms with Crippen LogP contribution in [0.5, 0.6) is 0 Å². The second-order valence-corrected chi connectivity index (χ2v) is 8.76. The van der Waals surface area contributed by atoms with Crippen molar-refractivity contribution >= 4 is 47.2 Å². The first-order valence-electron chi connectivity index (χ1n) is 10.6. The van der Waals surface area contributed by atoms with Gasteiger partial charge in [0.25, 0.3) is 0 Å². The van der Waals surface area contributed by atoms with E-state index in [1.165, 1.54) is 22.5 Å². The molecule has 0 fully saturated rings. The summed E-state index contributed by atoms with van der Waals surface area (Å²) in [5, 5.41) is 19.1. The molecule has 1 aromatic carbocycles. The van der Waals surface area contributed by atoms with Crippen LogP contribution >= 0.6 is 35.3 Å². The molecule has 1 aliphatic heterocycles. The second kappa shape index (κ2) is 12.4. The highest BCUT2D eigenvalue weighted by Gasteiger charge is 2.24. The Balaban J connectivity index is 0.00000341. The Labute approximate surface area is 206 Å². The lowest BCUT2D eigenvalue weighted by Gasteiger charge is -2.29. The van der Waals surface area contributed by atoms with Crippen molar-refractivity contribution in [3.63, 3.8) is 0 Å². The van der Waals surface area contributed by atoms with Gasteiger partial charge in [-0.1, -0.05) is 30.3 Å². The van der Waals surface area contributed by atoms with Gasteiger partial charge in [0.1, 0.15) is 5.60 Å². The highest BCUT2D eigenvalue weighted by molar-refractivity contribution is 14.0. The van der Waals surface area contributed by atoms with Gasteiger partial charge >= 0.3 is 0 Å². The highest BCUT2D eigenvalue weighted by Crippen LogP contribution is 2.25. The van der Waals surface area contributed by atoms with Crippen LogP contribution < -0.4 is 10.6 Å². The summed E-state index contributed by atoms with van der Waals surface area (Å²) < 4.78 is 0. The summed E-state index contributed by atoms with van der Waals surface area (Å²) in [6.07, 6.45) is 2.19. The number of rotatable bonds is 8. The maximum Gasteiger partial charge on any atom is 0.222 e.